The van der Waals surface area contributed by atoms with E-state index < -0.39 is 5.97 Å². The van der Waals surface area contributed by atoms with E-state index in [1.54, 1.807) is 9.58 Å². The van der Waals surface area contributed by atoms with E-state index >= 15 is 0 Å². The van der Waals surface area contributed by atoms with Crippen LogP contribution in [0.1, 0.15) is 63.3 Å². The van der Waals surface area contributed by atoms with Crippen LogP contribution in [0, 0.1) is 12.8 Å². The zero-order valence-electron chi connectivity index (χ0n) is 23.7. The molecule has 212 valence electrons. The van der Waals surface area contributed by atoms with Gasteiger partial charge >= 0.3 is 12.0 Å². The highest BCUT2D eigenvalue weighted by atomic mass is 16.4. The van der Waals surface area contributed by atoms with Crippen molar-refractivity contribution in [3.8, 4) is 5.69 Å². The van der Waals surface area contributed by atoms with Crippen LogP contribution in [0.2, 0.25) is 0 Å². The van der Waals surface area contributed by atoms with Gasteiger partial charge in [-0.3, -0.25) is 14.9 Å². The molecule has 3 aromatic rings. The van der Waals surface area contributed by atoms with E-state index in [1.807, 2.05) is 61.5 Å². The van der Waals surface area contributed by atoms with Gasteiger partial charge in [0.05, 0.1) is 17.8 Å². The van der Waals surface area contributed by atoms with Crippen molar-refractivity contribution in [3.05, 3.63) is 71.4 Å². The summed E-state index contributed by atoms with van der Waals surface area (Å²) >= 11 is 0. The lowest BCUT2D eigenvalue weighted by Gasteiger charge is -2.32. The smallest absolute Gasteiger partial charge is 0.324 e. The number of carboxylic acids is 1. The number of hydrogen-bond acceptors (Lipinski definition) is 4. The second-order valence-corrected chi connectivity index (χ2v) is 11.6. The van der Waals surface area contributed by atoms with Crippen LogP contribution in [-0.2, 0) is 21.4 Å². The molecule has 0 bridgehead atoms. The molecule has 2 heterocycles. The Kier molecular flexibility index (Phi) is 8.92. The van der Waals surface area contributed by atoms with Crippen molar-refractivity contribution in [1.82, 2.24) is 14.7 Å². The average molecular weight is 546 g/mol. The van der Waals surface area contributed by atoms with Crippen LogP contribution in [0.4, 0.5) is 16.3 Å². The highest BCUT2D eigenvalue weighted by Gasteiger charge is 2.25. The molecule has 9 nitrogen and oxygen atoms in total. The van der Waals surface area contributed by atoms with Crippen molar-refractivity contribution in [1.29, 1.82) is 0 Å². The molecular weight excluding hydrogens is 506 g/mol. The van der Waals surface area contributed by atoms with E-state index in [2.05, 4.69) is 31.4 Å². The zero-order chi connectivity index (χ0) is 28.9. The zero-order valence-corrected chi connectivity index (χ0v) is 23.7. The summed E-state index contributed by atoms with van der Waals surface area (Å²) < 4.78 is 1.76. The molecule has 0 spiro atoms. The number of urea groups is 1. The fourth-order valence-corrected chi connectivity index (χ4v) is 4.88. The molecule has 40 heavy (non-hydrogen) atoms. The van der Waals surface area contributed by atoms with E-state index in [1.165, 1.54) is 0 Å². The minimum atomic E-state index is -0.953. The van der Waals surface area contributed by atoms with E-state index in [0.29, 0.717) is 24.8 Å². The number of aromatic nitrogens is 2. The number of anilines is 2. The summed E-state index contributed by atoms with van der Waals surface area (Å²) in [5.41, 5.74) is 4.48. The van der Waals surface area contributed by atoms with Crippen LogP contribution in [0.15, 0.2) is 54.6 Å². The maximum Gasteiger partial charge on any atom is 0.324 e. The topological polar surface area (TPSA) is 117 Å². The fourth-order valence-electron chi connectivity index (χ4n) is 4.88. The first-order valence-electron chi connectivity index (χ1n) is 13.8. The Bertz CT molecular complexity index is 1350. The SMILES string of the molecule is Cc1ccc(-n2nc(C(C)(C)C)cc2NC(=O)Nc2ccccc2CC2CCN(C(=O)CCC(=O)O)CC2)cc1. The van der Waals surface area contributed by atoms with Gasteiger partial charge in [0.15, 0.2) is 0 Å². The third-order valence-electron chi connectivity index (χ3n) is 7.29. The molecule has 3 N–H and O–H groups in total. The third-order valence-corrected chi connectivity index (χ3v) is 7.29. The van der Waals surface area contributed by atoms with E-state index in [9.17, 15) is 14.4 Å². The number of hydrogen-bond donors (Lipinski definition) is 3. The Morgan fingerprint density at radius 3 is 2.30 bits per heavy atom. The average Bonchev–Trinajstić information content (AvgIpc) is 3.33. The number of rotatable bonds is 8. The number of carbonyl (C=O) groups is 3. The molecule has 0 radical (unpaired) electrons. The summed E-state index contributed by atoms with van der Waals surface area (Å²) in [6.45, 7) is 9.54. The fraction of sp³-hybridized carbons (Fsp3) is 0.419. The molecule has 1 fully saturated rings. The lowest BCUT2D eigenvalue weighted by molar-refractivity contribution is -0.141. The molecule has 1 aromatic heterocycles. The van der Waals surface area contributed by atoms with Crippen LogP contribution in [-0.4, -0.2) is 50.8 Å². The highest BCUT2D eigenvalue weighted by molar-refractivity contribution is 6.00. The highest BCUT2D eigenvalue weighted by Crippen LogP contribution is 2.28. The Hall–Kier alpha value is -4.14. The molecule has 1 aliphatic rings. The van der Waals surface area contributed by atoms with Crippen LogP contribution in [0.3, 0.4) is 0 Å². The van der Waals surface area contributed by atoms with Crippen molar-refractivity contribution >= 4 is 29.4 Å². The van der Waals surface area contributed by atoms with Gasteiger partial charge in [0.2, 0.25) is 5.91 Å². The van der Waals surface area contributed by atoms with Crippen LogP contribution >= 0.6 is 0 Å². The summed E-state index contributed by atoms with van der Waals surface area (Å²) in [5, 5.41) is 19.7. The van der Waals surface area contributed by atoms with Gasteiger partial charge in [-0.15, -0.1) is 0 Å². The van der Waals surface area contributed by atoms with Gasteiger partial charge in [-0.05, 0) is 55.9 Å². The van der Waals surface area contributed by atoms with E-state index in [0.717, 1.165) is 47.5 Å². The second-order valence-electron chi connectivity index (χ2n) is 11.6. The van der Waals surface area contributed by atoms with Gasteiger partial charge in [-0.2, -0.15) is 5.10 Å². The lowest BCUT2D eigenvalue weighted by Crippen LogP contribution is -2.39. The standard InChI is InChI=1S/C31H39N5O4/c1-21-9-11-24(12-10-21)36-27(20-26(34-36)31(2,3)4)33-30(40)32-25-8-6-5-7-23(25)19-22-15-17-35(18-16-22)28(37)13-14-29(38)39/h5-12,20,22H,13-19H2,1-4H3,(H,38,39)(H2,32,33,40). The number of para-hydroxylation sites is 1. The van der Waals surface area contributed by atoms with Crippen molar-refractivity contribution in [2.24, 2.45) is 5.92 Å². The molecule has 1 saturated heterocycles. The van der Waals surface area contributed by atoms with Crippen LogP contribution in [0.5, 0.6) is 0 Å². The number of nitrogens with one attached hydrogen (secondary N) is 2. The number of aryl methyl sites for hydroxylation is 1. The normalized spacial score (nSPS) is 14.2. The molecule has 0 aliphatic carbocycles. The molecular formula is C31H39N5O4. The minimum absolute atomic E-state index is 0.0436. The van der Waals surface area contributed by atoms with E-state index in [4.69, 9.17) is 10.2 Å². The Morgan fingerprint density at radius 2 is 1.65 bits per heavy atom. The summed E-state index contributed by atoms with van der Waals surface area (Å²) in [6, 6.07) is 17.4. The number of likely N-dealkylation sites (tertiary alicyclic amines) is 1. The molecule has 3 amide bonds. The summed E-state index contributed by atoms with van der Waals surface area (Å²) in [5.74, 6) is -0.0970. The van der Waals surface area contributed by atoms with E-state index in [-0.39, 0.29) is 30.2 Å². The van der Waals surface area contributed by atoms with Gasteiger partial charge in [0.25, 0.3) is 0 Å². The second kappa shape index (κ2) is 12.4. The molecule has 0 atom stereocenters. The quantitative estimate of drug-likeness (QED) is 0.332. The molecule has 2 aromatic carbocycles. The van der Waals surface area contributed by atoms with Crippen molar-refractivity contribution < 1.29 is 19.5 Å². The number of benzene rings is 2. The minimum Gasteiger partial charge on any atom is -0.481 e. The number of piperidine rings is 1. The van der Waals surface area contributed by atoms with Gasteiger partial charge < -0.3 is 15.3 Å². The summed E-state index contributed by atoms with van der Waals surface area (Å²) in [4.78, 5) is 38.0. The van der Waals surface area contributed by atoms with Crippen LogP contribution < -0.4 is 10.6 Å². The predicted molar refractivity (Wildman–Crippen MR) is 156 cm³/mol. The lowest BCUT2D eigenvalue weighted by atomic mass is 9.89. The Labute approximate surface area is 235 Å². The molecule has 9 heteroatoms. The molecule has 1 aliphatic heterocycles. The van der Waals surface area contributed by atoms with Crippen molar-refractivity contribution in [2.45, 2.75) is 65.2 Å². The molecule has 4 rings (SSSR count). The number of carbonyl (C=O) groups excluding carboxylic acids is 2. The third kappa shape index (κ3) is 7.49. The first kappa shape index (κ1) is 28.9. The van der Waals surface area contributed by atoms with Crippen molar-refractivity contribution in [2.75, 3.05) is 23.7 Å². The first-order valence-corrected chi connectivity index (χ1v) is 13.8. The van der Waals surface area contributed by atoms with Gasteiger partial charge in [-0.1, -0.05) is 56.7 Å². The number of aliphatic carboxylic acids is 1. The number of amides is 3. The number of nitrogens with zero attached hydrogens (tertiary/aromatic N) is 3. The number of carboxylic acid groups (broad SMARTS) is 1. The molecule has 0 saturated carbocycles. The van der Waals surface area contributed by atoms with Crippen LogP contribution in [0.25, 0.3) is 5.69 Å². The van der Waals surface area contributed by atoms with Gasteiger partial charge in [0, 0.05) is 36.7 Å². The predicted octanol–water partition coefficient (Wildman–Crippen LogP) is 5.77. The maximum absolute atomic E-state index is 13.2. The Morgan fingerprint density at radius 1 is 0.975 bits per heavy atom. The summed E-state index contributed by atoms with van der Waals surface area (Å²) in [6.07, 6.45) is 2.36. The summed E-state index contributed by atoms with van der Waals surface area (Å²) in [7, 11) is 0. The first-order chi connectivity index (χ1) is 19.0. The van der Waals surface area contributed by atoms with Gasteiger partial charge in [0.1, 0.15) is 5.82 Å². The molecule has 0 unspecified atom stereocenters. The Balaban J connectivity index is 1.42. The van der Waals surface area contributed by atoms with Gasteiger partial charge in [-0.25, -0.2) is 9.48 Å². The van der Waals surface area contributed by atoms with Crippen molar-refractivity contribution in [3.63, 3.8) is 0 Å². The monoisotopic (exact) mass is 545 g/mol. The largest absolute Gasteiger partial charge is 0.481 e. The maximum atomic E-state index is 13.2.